The van der Waals surface area contributed by atoms with Gasteiger partial charge in [0.05, 0.1) is 18.3 Å². The molecule has 3 rings (SSSR count). The Morgan fingerprint density at radius 1 is 1.11 bits per heavy atom. The molecule has 1 heterocycles. The topological polar surface area (TPSA) is 156 Å². The summed E-state index contributed by atoms with van der Waals surface area (Å²) in [5.74, 6) is 0.184. The molecule has 37 heavy (non-hydrogen) atoms. The van der Waals surface area contributed by atoms with Crippen LogP contribution < -0.4 is 16.4 Å². The second kappa shape index (κ2) is 13.3. The molecular weight excluding hydrogens is 478 g/mol. The highest BCUT2D eigenvalue weighted by atomic mass is 16.6. The maximum absolute atomic E-state index is 13.6. The van der Waals surface area contributed by atoms with Gasteiger partial charge >= 0.3 is 6.09 Å². The normalized spacial score (nSPS) is 26.6. The molecule has 2 atom stereocenters. The molecule has 5 N–H and O–H groups in total. The minimum absolute atomic E-state index is 0.0386. The van der Waals surface area contributed by atoms with Gasteiger partial charge in [0, 0.05) is 19.0 Å². The number of likely N-dealkylation sites (tertiary alicyclic amines) is 1. The Balaban J connectivity index is 1.57. The van der Waals surface area contributed by atoms with Gasteiger partial charge in [0.15, 0.2) is 0 Å². The van der Waals surface area contributed by atoms with Gasteiger partial charge in [-0.2, -0.15) is 0 Å². The summed E-state index contributed by atoms with van der Waals surface area (Å²) in [7, 11) is 0. The van der Waals surface area contributed by atoms with E-state index in [1.807, 2.05) is 6.92 Å². The molecule has 0 bridgehead atoms. The number of hydrogen-bond donors (Lipinski definition) is 4. The summed E-state index contributed by atoms with van der Waals surface area (Å²) < 4.78 is 11.4. The van der Waals surface area contributed by atoms with E-state index >= 15 is 0 Å². The molecule has 210 valence electrons. The maximum atomic E-state index is 13.6. The SMILES string of the molecule is CC(C)OC(=O)N[C@H](COC1(C)CCCC1)C(=O)N1CCC[C@H]1C(=O)NC[C@H]1CC[C@H](C(N)=NO)CC1. The predicted molar refractivity (Wildman–Crippen MR) is 138 cm³/mol. The second-order valence-electron chi connectivity index (χ2n) is 11.3. The Kier molecular flexibility index (Phi) is 10.4. The van der Waals surface area contributed by atoms with Crippen LogP contribution in [-0.2, 0) is 19.1 Å². The molecule has 3 fully saturated rings. The van der Waals surface area contributed by atoms with Crippen LogP contribution in [0.25, 0.3) is 0 Å². The Morgan fingerprint density at radius 3 is 2.41 bits per heavy atom. The van der Waals surface area contributed by atoms with Crippen molar-refractivity contribution in [2.75, 3.05) is 19.7 Å². The summed E-state index contributed by atoms with van der Waals surface area (Å²) in [6.45, 7) is 6.56. The summed E-state index contributed by atoms with van der Waals surface area (Å²) in [5.41, 5.74) is 5.42. The third kappa shape index (κ3) is 8.21. The summed E-state index contributed by atoms with van der Waals surface area (Å²) >= 11 is 0. The average molecular weight is 524 g/mol. The number of amides is 3. The zero-order valence-corrected chi connectivity index (χ0v) is 22.5. The number of amidine groups is 1. The van der Waals surface area contributed by atoms with Crippen LogP contribution in [0.2, 0.25) is 0 Å². The van der Waals surface area contributed by atoms with Gasteiger partial charge in [-0.3, -0.25) is 9.59 Å². The number of rotatable bonds is 10. The molecule has 0 aromatic rings. The predicted octanol–water partition coefficient (Wildman–Crippen LogP) is 2.50. The highest BCUT2D eigenvalue weighted by molar-refractivity contribution is 5.92. The number of hydrogen-bond acceptors (Lipinski definition) is 7. The molecule has 3 amide bonds. The number of carbonyl (C=O) groups is 3. The van der Waals surface area contributed by atoms with Crippen LogP contribution >= 0.6 is 0 Å². The van der Waals surface area contributed by atoms with Crippen LogP contribution in [0.5, 0.6) is 0 Å². The Labute approximate surface area is 219 Å². The first-order valence-corrected chi connectivity index (χ1v) is 13.8. The van der Waals surface area contributed by atoms with Crippen LogP contribution in [0.15, 0.2) is 5.16 Å². The van der Waals surface area contributed by atoms with E-state index in [9.17, 15) is 14.4 Å². The fourth-order valence-electron chi connectivity index (χ4n) is 5.73. The van der Waals surface area contributed by atoms with Crippen LogP contribution in [0, 0.1) is 11.8 Å². The van der Waals surface area contributed by atoms with Gasteiger partial charge in [0.1, 0.15) is 17.9 Å². The molecule has 0 spiro atoms. The maximum Gasteiger partial charge on any atom is 0.408 e. The van der Waals surface area contributed by atoms with Crippen molar-refractivity contribution in [1.29, 1.82) is 0 Å². The largest absolute Gasteiger partial charge is 0.447 e. The lowest BCUT2D eigenvalue weighted by Gasteiger charge is -2.32. The minimum atomic E-state index is -0.925. The van der Waals surface area contributed by atoms with E-state index in [4.69, 9.17) is 20.4 Å². The van der Waals surface area contributed by atoms with Crippen molar-refractivity contribution in [3.8, 4) is 0 Å². The molecule has 0 aromatic heterocycles. The fourth-order valence-corrected chi connectivity index (χ4v) is 5.73. The standard InChI is InChI=1S/C26H45N5O6/c1-17(2)37-25(34)29-20(16-36-26(3)12-4-5-13-26)24(33)31-14-6-7-21(31)23(32)28-15-18-8-10-19(11-9-18)22(27)30-35/h17-21,35H,4-16H2,1-3H3,(H2,27,30)(H,28,32)(H,29,34)/t18-,19-,20-,21+/m1/s1. The summed E-state index contributed by atoms with van der Waals surface area (Å²) in [6.07, 6.45) is 7.71. The Morgan fingerprint density at radius 2 is 1.78 bits per heavy atom. The highest BCUT2D eigenvalue weighted by Crippen LogP contribution is 2.33. The molecule has 1 saturated heterocycles. The first-order chi connectivity index (χ1) is 17.6. The number of alkyl carbamates (subject to hydrolysis) is 1. The lowest BCUT2D eigenvalue weighted by atomic mass is 9.81. The zero-order valence-electron chi connectivity index (χ0n) is 22.5. The second-order valence-corrected chi connectivity index (χ2v) is 11.3. The van der Waals surface area contributed by atoms with Crippen LogP contribution in [0.4, 0.5) is 4.79 Å². The molecule has 0 aromatic carbocycles. The minimum Gasteiger partial charge on any atom is -0.447 e. The van der Waals surface area contributed by atoms with E-state index in [2.05, 4.69) is 15.8 Å². The van der Waals surface area contributed by atoms with Gasteiger partial charge in [0.25, 0.3) is 0 Å². The third-order valence-electron chi connectivity index (χ3n) is 7.98. The van der Waals surface area contributed by atoms with Gasteiger partial charge in [-0.1, -0.05) is 18.0 Å². The third-order valence-corrected chi connectivity index (χ3v) is 7.98. The summed E-state index contributed by atoms with van der Waals surface area (Å²) in [6, 6.07) is -1.50. The molecule has 11 nitrogen and oxygen atoms in total. The number of nitrogens with one attached hydrogen (secondary N) is 2. The lowest BCUT2D eigenvalue weighted by molar-refractivity contribution is -0.142. The van der Waals surface area contributed by atoms with Crippen LogP contribution in [0.3, 0.4) is 0 Å². The van der Waals surface area contributed by atoms with Crippen molar-refractivity contribution >= 4 is 23.7 Å². The van der Waals surface area contributed by atoms with Gasteiger partial charge in [-0.15, -0.1) is 0 Å². The number of carbonyl (C=O) groups excluding carboxylic acids is 3. The molecule has 2 saturated carbocycles. The van der Waals surface area contributed by atoms with Crippen molar-refractivity contribution < 1.29 is 29.1 Å². The van der Waals surface area contributed by atoms with Crippen molar-refractivity contribution in [3.05, 3.63) is 0 Å². The van der Waals surface area contributed by atoms with E-state index in [0.717, 1.165) is 57.8 Å². The molecule has 3 aliphatic rings. The zero-order chi connectivity index (χ0) is 27.0. The van der Waals surface area contributed by atoms with E-state index in [1.165, 1.54) is 0 Å². The number of oxime groups is 1. The Hall–Kier alpha value is -2.56. The van der Waals surface area contributed by atoms with Gasteiger partial charge in [-0.25, -0.2) is 4.79 Å². The quantitative estimate of drug-likeness (QED) is 0.148. The summed E-state index contributed by atoms with van der Waals surface area (Å²) in [5, 5.41) is 17.7. The van der Waals surface area contributed by atoms with Gasteiger partial charge in [-0.05, 0) is 78.1 Å². The lowest BCUT2D eigenvalue weighted by Crippen LogP contribution is -2.56. The number of nitrogens with two attached hydrogens (primary N) is 1. The van der Waals surface area contributed by atoms with Crippen LogP contribution in [0.1, 0.15) is 85.0 Å². The van der Waals surface area contributed by atoms with E-state index in [-0.39, 0.29) is 41.9 Å². The average Bonchev–Trinajstić information content (AvgIpc) is 3.54. The van der Waals surface area contributed by atoms with E-state index in [1.54, 1.807) is 18.7 Å². The van der Waals surface area contributed by atoms with Crippen molar-refractivity contribution in [2.24, 2.45) is 22.7 Å². The first kappa shape index (κ1) is 29.0. The smallest absolute Gasteiger partial charge is 0.408 e. The van der Waals surface area contributed by atoms with Crippen molar-refractivity contribution in [1.82, 2.24) is 15.5 Å². The van der Waals surface area contributed by atoms with Gasteiger partial charge < -0.3 is 35.9 Å². The summed E-state index contributed by atoms with van der Waals surface area (Å²) in [4.78, 5) is 40.6. The molecular formula is C26H45N5O6. The number of nitrogens with zero attached hydrogens (tertiary/aromatic N) is 2. The molecule has 0 radical (unpaired) electrons. The number of ether oxygens (including phenoxy) is 2. The molecule has 2 aliphatic carbocycles. The van der Waals surface area contributed by atoms with E-state index in [0.29, 0.717) is 25.4 Å². The Bertz CT molecular complexity index is 820. The first-order valence-electron chi connectivity index (χ1n) is 13.8. The molecule has 1 aliphatic heterocycles. The van der Waals surface area contributed by atoms with Crippen molar-refractivity contribution in [2.45, 2.75) is 109 Å². The fraction of sp³-hybridized carbons (Fsp3) is 0.846. The van der Waals surface area contributed by atoms with Gasteiger partial charge in [0.2, 0.25) is 11.8 Å². The monoisotopic (exact) mass is 523 g/mol. The van der Waals surface area contributed by atoms with E-state index < -0.39 is 18.2 Å². The highest BCUT2D eigenvalue weighted by Gasteiger charge is 2.39. The van der Waals surface area contributed by atoms with Crippen LogP contribution in [-0.4, -0.2) is 77.3 Å². The van der Waals surface area contributed by atoms with Crippen molar-refractivity contribution in [3.63, 3.8) is 0 Å². The molecule has 0 unspecified atom stereocenters. The molecule has 11 heteroatoms.